The predicted molar refractivity (Wildman–Crippen MR) is 65.5 cm³/mol. The van der Waals surface area contributed by atoms with Crippen molar-refractivity contribution in [3.63, 3.8) is 0 Å². The molecule has 8 heteroatoms. The van der Waals surface area contributed by atoms with Crippen LogP contribution in [0.3, 0.4) is 0 Å². The van der Waals surface area contributed by atoms with Crippen molar-refractivity contribution in [2.24, 2.45) is 5.84 Å². The van der Waals surface area contributed by atoms with Crippen LogP contribution in [0.1, 0.15) is 18.7 Å². The van der Waals surface area contributed by atoms with Crippen molar-refractivity contribution in [2.45, 2.75) is 38.1 Å². The molecule has 8 nitrogen and oxygen atoms in total. The van der Waals surface area contributed by atoms with E-state index in [4.69, 9.17) is 10.6 Å². The standard InChI is InChI=1S/C11H18N6O2/c12-14-11(18)9-2-1-8(19-9)5-16-3-4-17-7-13-15-10(17)6-16/h7-9H,1-6,12H2,(H,14,18). The van der Waals surface area contributed by atoms with Gasteiger partial charge < -0.3 is 9.30 Å². The van der Waals surface area contributed by atoms with Crippen molar-refractivity contribution >= 4 is 5.91 Å². The summed E-state index contributed by atoms with van der Waals surface area (Å²) >= 11 is 0. The maximum Gasteiger partial charge on any atom is 0.263 e. The minimum absolute atomic E-state index is 0.0942. The number of carbonyl (C=O) groups excluding carboxylic acids is 1. The number of hydrogen-bond donors (Lipinski definition) is 2. The van der Waals surface area contributed by atoms with Crippen molar-refractivity contribution in [1.82, 2.24) is 25.1 Å². The number of aromatic nitrogens is 3. The first kappa shape index (κ1) is 12.5. The maximum absolute atomic E-state index is 11.4. The molecule has 2 atom stereocenters. The van der Waals surface area contributed by atoms with Gasteiger partial charge in [0.05, 0.1) is 12.6 Å². The van der Waals surface area contributed by atoms with Crippen molar-refractivity contribution in [3.05, 3.63) is 12.2 Å². The van der Waals surface area contributed by atoms with Gasteiger partial charge in [-0.25, -0.2) is 5.84 Å². The second kappa shape index (κ2) is 5.24. The van der Waals surface area contributed by atoms with Crippen LogP contribution in [0.2, 0.25) is 0 Å². The SMILES string of the molecule is NNC(=O)C1CCC(CN2CCn3cnnc3C2)O1. The van der Waals surface area contributed by atoms with Gasteiger partial charge in [-0.3, -0.25) is 15.1 Å². The summed E-state index contributed by atoms with van der Waals surface area (Å²) in [5, 5.41) is 7.99. The third kappa shape index (κ3) is 2.60. The number of carbonyl (C=O) groups is 1. The van der Waals surface area contributed by atoms with Crippen molar-refractivity contribution in [2.75, 3.05) is 13.1 Å². The second-order valence-corrected chi connectivity index (χ2v) is 5.01. The minimum Gasteiger partial charge on any atom is -0.364 e. The van der Waals surface area contributed by atoms with Crippen LogP contribution < -0.4 is 11.3 Å². The topological polar surface area (TPSA) is 98.3 Å². The zero-order valence-electron chi connectivity index (χ0n) is 10.7. The van der Waals surface area contributed by atoms with E-state index in [-0.39, 0.29) is 12.0 Å². The lowest BCUT2D eigenvalue weighted by Gasteiger charge is -2.28. The average molecular weight is 266 g/mol. The number of nitrogens with zero attached hydrogens (tertiary/aromatic N) is 4. The molecular formula is C11H18N6O2. The van der Waals surface area contributed by atoms with Crippen LogP contribution in [0.5, 0.6) is 0 Å². The van der Waals surface area contributed by atoms with Crippen LogP contribution in [0.25, 0.3) is 0 Å². The fraction of sp³-hybridized carbons (Fsp3) is 0.727. The highest BCUT2D eigenvalue weighted by atomic mass is 16.5. The number of rotatable bonds is 3. The van der Waals surface area contributed by atoms with Crippen molar-refractivity contribution < 1.29 is 9.53 Å². The van der Waals surface area contributed by atoms with Crippen LogP contribution in [0, 0.1) is 0 Å². The molecule has 3 N–H and O–H groups in total. The van der Waals surface area contributed by atoms with Gasteiger partial charge in [0.25, 0.3) is 5.91 Å². The maximum atomic E-state index is 11.4. The Bertz CT molecular complexity index is 462. The van der Waals surface area contributed by atoms with Gasteiger partial charge in [-0.15, -0.1) is 10.2 Å². The Kier molecular flexibility index (Phi) is 3.45. The molecule has 0 aromatic carbocycles. The lowest BCUT2D eigenvalue weighted by Crippen LogP contribution is -2.41. The lowest BCUT2D eigenvalue weighted by atomic mass is 10.2. The van der Waals surface area contributed by atoms with E-state index in [2.05, 4.69) is 25.1 Å². The van der Waals surface area contributed by atoms with Crippen LogP contribution in [0.15, 0.2) is 6.33 Å². The summed E-state index contributed by atoms with van der Waals surface area (Å²) in [5.41, 5.74) is 2.14. The number of hydrogen-bond acceptors (Lipinski definition) is 6. The molecule has 0 aliphatic carbocycles. The summed E-state index contributed by atoms with van der Waals surface area (Å²) in [6.07, 6.45) is 3.08. The Morgan fingerprint density at radius 3 is 3.26 bits per heavy atom. The highest BCUT2D eigenvalue weighted by molar-refractivity contribution is 5.80. The molecular weight excluding hydrogens is 248 g/mol. The number of amides is 1. The molecule has 3 rings (SSSR count). The first-order valence-electron chi connectivity index (χ1n) is 6.51. The molecule has 0 radical (unpaired) electrons. The second-order valence-electron chi connectivity index (χ2n) is 5.01. The smallest absolute Gasteiger partial charge is 0.263 e. The fourth-order valence-electron chi connectivity index (χ4n) is 2.69. The Morgan fingerprint density at radius 2 is 2.42 bits per heavy atom. The predicted octanol–water partition coefficient (Wildman–Crippen LogP) is -1.37. The van der Waals surface area contributed by atoms with E-state index in [0.717, 1.165) is 44.8 Å². The van der Waals surface area contributed by atoms with E-state index < -0.39 is 6.10 Å². The van der Waals surface area contributed by atoms with Gasteiger partial charge in [-0.1, -0.05) is 0 Å². The van der Waals surface area contributed by atoms with Crippen molar-refractivity contribution in [1.29, 1.82) is 0 Å². The van der Waals surface area contributed by atoms with Gasteiger partial charge in [-0.05, 0) is 12.8 Å². The molecule has 2 unspecified atom stereocenters. The third-order valence-corrected chi connectivity index (χ3v) is 3.72. The Balaban J connectivity index is 1.52. The zero-order chi connectivity index (χ0) is 13.2. The normalized spacial score (nSPS) is 27.2. The zero-order valence-corrected chi connectivity index (χ0v) is 10.7. The number of fused-ring (bicyclic) bond motifs is 1. The number of nitrogens with two attached hydrogens (primary N) is 1. The summed E-state index contributed by atoms with van der Waals surface area (Å²) in [5.74, 6) is 5.87. The molecule has 0 bridgehead atoms. The molecule has 0 spiro atoms. The summed E-state index contributed by atoms with van der Waals surface area (Å²) < 4.78 is 7.78. The largest absolute Gasteiger partial charge is 0.364 e. The molecule has 104 valence electrons. The minimum atomic E-state index is -0.400. The number of nitrogens with one attached hydrogen (secondary N) is 1. The van der Waals surface area contributed by atoms with Gasteiger partial charge >= 0.3 is 0 Å². The highest BCUT2D eigenvalue weighted by Crippen LogP contribution is 2.22. The molecule has 2 aliphatic heterocycles. The molecule has 1 amide bonds. The van der Waals surface area contributed by atoms with Crippen molar-refractivity contribution in [3.8, 4) is 0 Å². The highest BCUT2D eigenvalue weighted by Gasteiger charge is 2.32. The molecule has 2 aliphatic rings. The molecule has 1 saturated heterocycles. The average Bonchev–Trinajstić information content (AvgIpc) is 3.06. The van der Waals surface area contributed by atoms with E-state index in [9.17, 15) is 4.79 Å². The van der Waals surface area contributed by atoms with Crippen LogP contribution in [-0.4, -0.2) is 50.9 Å². The van der Waals surface area contributed by atoms with Crippen LogP contribution in [0.4, 0.5) is 0 Å². The molecule has 19 heavy (non-hydrogen) atoms. The fourth-order valence-corrected chi connectivity index (χ4v) is 2.69. The van der Waals surface area contributed by atoms with Gasteiger partial charge in [-0.2, -0.15) is 0 Å². The number of ether oxygens (including phenoxy) is 1. The summed E-state index contributed by atoms with van der Waals surface area (Å²) in [6.45, 7) is 3.47. The van der Waals surface area contributed by atoms with Gasteiger partial charge in [0.1, 0.15) is 18.3 Å². The molecule has 3 heterocycles. The van der Waals surface area contributed by atoms with E-state index >= 15 is 0 Å². The van der Waals surface area contributed by atoms with E-state index in [1.54, 1.807) is 6.33 Å². The quantitative estimate of drug-likeness (QED) is 0.398. The van der Waals surface area contributed by atoms with Gasteiger partial charge in [0.15, 0.2) is 0 Å². The lowest BCUT2D eigenvalue weighted by molar-refractivity contribution is -0.132. The monoisotopic (exact) mass is 266 g/mol. The first-order chi connectivity index (χ1) is 9.26. The molecule has 1 aromatic heterocycles. The molecule has 1 fully saturated rings. The summed E-state index contributed by atoms with van der Waals surface area (Å²) in [7, 11) is 0. The Labute approximate surface area is 110 Å². The van der Waals surface area contributed by atoms with E-state index in [0.29, 0.717) is 0 Å². The molecule has 0 saturated carbocycles. The van der Waals surface area contributed by atoms with Gasteiger partial charge in [0, 0.05) is 19.6 Å². The Hall–Kier alpha value is -1.51. The third-order valence-electron chi connectivity index (χ3n) is 3.72. The summed E-state index contributed by atoms with van der Waals surface area (Å²) in [4.78, 5) is 13.7. The Morgan fingerprint density at radius 1 is 1.53 bits per heavy atom. The van der Waals surface area contributed by atoms with E-state index in [1.165, 1.54) is 0 Å². The van der Waals surface area contributed by atoms with Crippen LogP contribution >= 0.6 is 0 Å². The first-order valence-corrected chi connectivity index (χ1v) is 6.51. The van der Waals surface area contributed by atoms with Gasteiger partial charge in [0.2, 0.25) is 0 Å². The van der Waals surface area contributed by atoms with Crippen LogP contribution in [-0.2, 0) is 22.6 Å². The summed E-state index contributed by atoms with van der Waals surface area (Å²) in [6, 6.07) is 0. The number of hydrazine groups is 1. The van der Waals surface area contributed by atoms with E-state index in [1.807, 2.05) is 0 Å². The molecule has 1 aromatic rings.